The molecule has 0 aliphatic rings. The highest BCUT2D eigenvalue weighted by atomic mass is 16.1. The van der Waals surface area contributed by atoms with Gasteiger partial charge in [-0.2, -0.15) is 5.26 Å². The number of nitrogens with zero attached hydrogens (tertiary/aromatic N) is 3. The van der Waals surface area contributed by atoms with Gasteiger partial charge in [-0.05, 0) is 55.8 Å². The van der Waals surface area contributed by atoms with E-state index in [9.17, 15) is 10.1 Å². The largest absolute Gasteiger partial charge is 0.321 e. The van der Waals surface area contributed by atoms with Gasteiger partial charge in [0.15, 0.2) is 0 Å². The van der Waals surface area contributed by atoms with Crippen molar-refractivity contribution in [3.8, 4) is 11.9 Å². The molecule has 26 heavy (non-hydrogen) atoms. The van der Waals surface area contributed by atoms with Crippen molar-refractivity contribution in [2.75, 3.05) is 5.32 Å². The van der Waals surface area contributed by atoms with E-state index in [2.05, 4.69) is 10.3 Å². The summed E-state index contributed by atoms with van der Waals surface area (Å²) in [6, 6.07) is 18.7. The molecule has 5 nitrogen and oxygen atoms in total. The number of anilines is 1. The van der Waals surface area contributed by atoms with Gasteiger partial charge in [-0.3, -0.25) is 4.79 Å². The molecule has 0 radical (unpaired) electrons. The molecular weight excluding hydrogens is 324 g/mol. The van der Waals surface area contributed by atoms with Crippen molar-refractivity contribution >= 4 is 17.7 Å². The second-order valence-corrected chi connectivity index (χ2v) is 5.84. The molecule has 3 aromatic rings. The number of aryl methyl sites for hydroxylation is 1. The smallest absolute Gasteiger partial charge is 0.266 e. The third-order valence-electron chi connectivity index (χ3n) is 4.05. The van der Waals surface area contributed by atoms with E-state index < -0.39 is 5.91 Å². The van der Waals surface area contributed by atoms with E-state index in [1.807, 2.05) is 66.9 Å². The SMILES string of the molecule is Cc1cc(C=C(C#N)C(=O)Nc2ccccc2)c(C)n1-c1ccccn1. The summed E-state index contributed by atoms with van der Waals surface area (Å²) in [6.45, 7) is 3.91. The number of carbonyl (C=O) groups excluding carboxylic acids is 1. The fourth-order valence-electron chi connectivity index (χ4n) is 2.80. The Morgan fingerprint density at radius 3 is 2.54 bits per heavy atom. The molecule has 1 amide bonds. The first kappa shape index (κ1) is 17.2. The van der Waals surface area contributed by atoms with Crippen molar-refractivity contribution in [3.05, 3.63) is 83.3 Å². The van der Waals surface area contributed by atoms with Crippen molar-refractivity contribution in [2.24, 2.45) is 0 Å². The van der Waals surface area contributed by atoms with Crippen molar-refractivity contribution in [1.82, 2.24) is 9.55 Å². The summed E-state index contributed by atoms with van der Waals surface area (Å²) in [5.41, 5.74) is 3.41. The van der Waals surface area contributed by atoms with Crippen LogP contribution in [-0.2, 0) is 4.79 Å². The van der Waals surface area contributed by atoms with E-state index in [-0.39, 0.29) is 5.57 Å². The number of aromatic nitrogens is 2. The lowest BCUT2D eigenvalue weighted by molar-refractivity contribution is -0.112. The van der Waals surface area contributed by atoms with Gasteiger partial charge in [0.25, 0.3) is 5.91 Å². The first-order chi connectivity index (χ1) is 12.6. The van der Waals surface area contributed by atoms with Crippen LogP contribution in [0.4, 0.5) is 5.69 Å². The number of hydrogen-bond donors (Lipinski definition) is 1. The van der Waals surface area contributed by atoms with E-state index in [4.69, 9.17) is 0 Å². The molecule has 0 atom stereocenters. The molecule has 0 saturated heterocycles. The summed E-state index contributed by atoms with van der Waals surface area (Å²) >= 11 is 0. The van der Waals surface area contributed by atoms with E-state index in [0.717, 1.165) is 22.8 Å². The third-order valence-corrected chi connectivity index (χ3v) is 4.05. The minimum atomic E-state index is -0.429. The van der Waals surface area contributed by atoms with Gasteiger partial charge in [0.05, 0.1) is 0 Å². The first-order valence-corrected chi connectivity index (χ1v) is 8.18. The van der Waals surface area contributed by atoms with E-state index in [0.29, 0.717) is 5.69 Å². The number of nitrogens with one attached hydrogen (secondary N) is 1. The molecule has 0 aliphatic heterocycles. The topological polar surface area (TPSA) is 70.7 Å². The number of nitriles is 1. The number of rotatable bonds is 4. The Bertz CT molecular complexity index is 996. The Labute approximate surface area is 152 Å². The van der Waals surface area contributed by atoms with Gasteiger partial charge in [-0.15, -0.1) is 0 Å². The zero-order valence-electron chi connectivity index (χ0n) is 14.6. The Morgan fingerprint density at radius 1 is 1.15 bits per heavy atom. The first-order valence-electron chi connectivity index (χ1n) is 8.18. The van der Waals surface area contributed by atoms with Gasteiger partial charge in [0, 0.05) is 23.3 Å². The monoisotopic (exact) mass is 342 g/mol. The normalized spacial score (nSPS) is 11.0. The fraction of sp³-hybridized carbons (Fsp3) is 0.0952. The molecule has 3 rings (SSSR count). The lowest BCUT2D eigenvalue weighted by Gasteiger charge is -2.08. The molecule has 0 saturated carbocycles. The highest BCUT2D eigenvalue weighted by molar-refractivity contribution is 6.09. The van der Waals surface area contributed by atoms with Crippen molar-refractivity contribution in [3.63, 3.8) is 0 Å². The van der Waals surface area contributed by atoms with Crippen LogP contribution in [-0.4, -0.2) is 15.5 Å². The van der Waals surface area contributed by atoms with Crippen LogP contribution in [0.1, 0.15) is 17.0 Å². The summed E-state index contributed by atoms with van der Waals surface area (Å²) in [6.07, 6.45) is 3.35. The molecule has 2 aromatic heterocycles. The van der Waals surface area contributed by atoms with Gasteiger partial charge < -0.3 is 9.88 Å². The van der Waals surface area contributed by atoms with Crippen LogP contribution < -0.4 is 5.32 Å². The van der Waals surface area contributed by atoms with Gasteiger partial charge in [-0.1, -0.05) is 24.3 Å². The second kappa shape index (κ2) is 7.49. The van der Waals surface area contributed by atoms with E-state index in [1.54, 1.807) is 24.4 Å². The van der Waals surface area contributed by atoms with E-state index >= 15 is 0 Å². The van der Waals surface area contributed by atoms with Gasteiger partial charge in [-0.25, -0.2) is 4.98 Å². The highest BCUT2D eigenvalue weighted by Gasteiger charge is 2.14. The second-order valence-electron chi connectivity index (χ2n) is 5.84. The van der Waals surface area contributed by atoms with Gasteiger partial charge in [0.1, 0.15) is 17.5 Å². The quantitative estimate of drug-likeness (QED) is 0.575. The van der Waals surface area contributed by atoms with Crippen LogP contribution >= 0.6 is 0 Å². The van der Waals surface area contributed by atoms with Crippen LogP contribution in [0.5, 0.6) is 0 Å². The summed E-state index contributed by atoms with van der Waals surface area (Å²) in [7, 11) is 0. The predicted molar refractivity (Wildman–Crippen MR) is 102 cm³/mol. The number of carbonyl (C=O) groups is 1. The molecule has 1 N–H and O–H groups in total. The average Bonchev–Trinajstić information content (AvgIpc) is 2.94. The number of hydrogen-bond acceptors (Lipinski definition) is 3. The van der Waals surface area contributed by atoms with Crippen LogP contribution in [0, 0.1) is 25.2 Å². The van der Waals surface area contributed by atoms with Crippen molar-refractivity contribution in [2.45, 2.75) is 13.8 Å². The molecule has 0 spiro atoms. The van der Waals surface area contributed by atoms with Crippen LogP contribution in [0.3, 0.4) is 0 Å². The standard InChI is InChI=1S/C21H18N4O/c1-15-12-17(16(2)25(15)20-10-6-7-11-23-20)13-18(14-22)21(26)24-19-8-4-3-5-9-19/h3-13H,1-2H3,(H,24,26). The van der Waals surface area contributed by atoms with Gasteiger partial charge >= 0.3 is 0 Å². The van der Waals surface area contributed by atoms with Crippen molar-refractivity contribution in [1.29, 1.82) is 5.26 Å². The Morgan fingerprint density at radius 2 is 1.88 bits per heavy atom. The maximum Gasteiger partial charge on any atom is 0.266 e. The Kier molecular flexibility index (Phi) is 4.95. The van der Waals surface area contributed by atoms with Crippen LogP contribution in [0.2, 0.25) is 0 Å². The minimum absolute atomic E-state index is 0.0510. The van der Waals surface area contributed by atoms with Crippen LogP contribution in [0.15, 0.2) is 66.4 Å². The highest BCUT2D eigenvalue weighted by Crippen LogP contribution is 2.22. The minimum Gasteiger partial charge on any atom is -0.321 e. The molecule has 5 heteroatoms. The summed E-state index contributed by atoms with van der Waals surface area (Å²) in [4.78, 5) is 16.8. The molecule has 0 bridgehead atoms. The lowest BCUT2D eigenvalue weighted by Crippen LogP contribution is -2.13. The third kappa shape index (κ3) is 3.55. The summed E-state index contributed by atoms with van der Waals surface area (Å²) in [5.74, 6) is 0.371. The average molecular weight is 342 g/mol. The Balaban J connectivity index is 1.93. The van der Waals surface area contributed by atoms with Crippen molar-refractivity contribution < 1.29 is 4.79 Å². The summed E-state index contributed by atoms with van der Waals surface area (Å²) < 4.78 is 2.00. The zero-order chi connectivity index (χ0) is 18.5. The molecule has 0 unspecified atom stereocenters. The molecular formula is C21H18N4O. The number of amides is 1. The molecule has 0 aliphatic carbocycles. The fourth-order valence-corrected chi connectivity index (χ4v) is 2.80. The maximum absolute atomic E-state index is 12.4. The molecule has 1 aromatic carbocycles. The lowest BCUT2D eigenvalue weighted by atomic mass is 10.1. The number of para-hydroxylation sites is 1. The van der Waals surface area contributed by atoms with Crippen LogP contribution in [0.25, 0.3) is 11.9 Å². The predicted octanol–water partition coefficient (Wildman–Crippen LogP) is 4.03. The zero-order valence-corrected chi connectivity index (χ0v) is 14.6. The molecule has 2 heterocycles. The number of benzene rings is 1. The molecule has 128 valence electrons. The summed E-state index contributed by atoms with van der Waals surface area (Å²) in [5, 5.41) is 12.2. The van der Waals surface area contributed by atoms with E-state index in [1.165, 1.54) is 0 Å². The molecule has 0 fully saturated rings. The van der Waals surface area contributed by atoms with Gasteiger partial charge in [0.2, 0.25) is 0 Å². The maximum atomic E-state index is 12.4. The Hall–Kier alpha value is -3.65. The number of pyridine rings is 1.